The number of carbonyl (C=O) groups is 1. The number of amidine groups is 2. The Bertz CT molecular complexity index is 1320. The van der Waals surface area contributed by atoms with Gasteiger partial charge in [0.15, 0.2) is 17.3 Å². The van der Waals surface area contributed by atoms with Crippen LogP contribution in [-0.4, -0.2) is 123 Å². The molecule has 4 aliphatic rings. The van der Waals surface area contributed by atoms with Crippen molar-refractivity contribution in [2.45, 2.75) is 6.42 Å². The van der Waals surface area contributed by atoms with Crippen molar-refractivity contribution in [2.75, 3.05) is 90.9 Å². The van der Waals surface area contributed by atoms with Crippen LogP contribution in [-0.2, 0) is 9.47 Å². The number of carbonyl (C=O) groups excluding carboxylic acids is 1. The van der Waals surface area contributed by atoms with Crippen molar-refractivity contribution < 1.29 is 23.7 Å². The van der Waals surface area contributed by atoms with E-state index in [4.69, 9.17) is 39.6 Å². The third-order valence-electron chi connectivity index (χ3n) is 7.38. The lowest BCUT2D eigenvalue weighted by Crippen LogP contribution is -2.41. The molecule has 0 unspecified atom stereocenters. The molecule has 0 radical (unpaired) electrons. The summed E-state index contributed by atoms with van der Waals surface area (Å²) in [5, 5.41) is 0. The minimum absolute atomic E-state index is 0.194. The van der Waals surface area contributed by atoms with Gasteiger partial charge >= 0.3 is 0 Å². The van der Waals surface area contributed by atoms with E-state index in [0.717, 1.165) is 50.7 Å². The number of methoxy groups -OCH3 is 1. The molecule has 5 heterocycles. The van der Waals surface area contributed by atoms with E-state index in [-0.39, 0.29) is 5.56 Å². The van der Waals surface area contributed by atoms with E-state index in [0.29, 0.717) is 80.7 Å². The highest BCUT2D eigenvalue weighted by molar-refractivity contribution is 6.22. The minimum atomic E-state index is -0.626. The van der Waals surface area contributed by atoms with Gasteiger partial charge in [0.05, 0.1) is 52.3 Å². The zero-order valence-corrected chi connectivity index (χ0v) is 22.7. The zero-order chi connectivity index (χ0) is 27.5. The monoisotopic (exact) mass is 550 g/mol. The largest absolute Gasteiger partial charge is 0.491 e. The van der Waals surface area contributed by atoms with Crippen LogP contribution < -0.4 is 20.1 Å². The number of primary amides is 1. The first kappa shape index (κ1) is 26.4. The fourth-order valence-corrected chi connectivity index (χ4v) is 5.32. The molecule has 13 heteroatoms. The van der Waals surface area contributed by atoms with Gasteiger partial charge in [-0.05, 0) is 18.6 Å². The van der Waals surface area contributed by atoms with Crippen molar-refractivity contribution in [3.8, 4) is 11.5 Å². The number of aromatic nitrogens is 2. The molecule has 13 nitrogen and oxygen atoms in total. The first-order chi connectivity index (χ1) is 19.6. The van der Waals surface area contributed by atoms with Crippen LogP contribution in [0.25, 0.3) is 0 Å². The molecule has 212 valence electrons. The van der Waals surface area contributed by atoms with Gasteiger partial charge < -0.3 is 34.5 Å². The van der Waals surface area contributed by atoms with Crippen molar-refractivity contribution in [3.05, 3.63) is 35.2 Å². The number of hydrogen-bond donors (Lipinski definition) is 1. The highest BCUT2D eigenvalue weighted by Gasteiger charge is 2.35. The smallest absolute Gasteiger partial charge is 0.252 e. The highest BCUT2D eigenvalue weighted by Crippen LogP contribution is 2.44. The van der Waals surface area contributed by atoms with Crippen molar-refractivity contribution in [1.29, 1.82) is 0 Å². The molecule has 0 atom stereocenters. The zero-order valence-electron chi connectivity index (χ0n) is 22.7. The van der Waals surface area contributed by atoms with Gasteiger partial charge in [0.2, 0.25) is 5.95 Å². The molecular weight excluding hydrogens is 516 g/mol. The Morgan fingerprint density at radius 3 is 2.58 bits per heavy atom. The number of rotatable bonds is 9. The lowest BCUT2D eigenvalue weighted by Gasteiger charge is -2.30. The molecule has 2 aromatic rings. The summed E-state index contributed by atoms with van der Waals surface area (Å²) >= 11 is 0. The molecule has 1 aromatic carbocycles. The van der Waals surface area contributed by atoms with Gasteiger partial charge in [-0.2, -0.15) is 0 Å². The molecular formula is C27H34N8O5. The Balaban J connectivity index is 1.33. The van der Waals surface area contributed by atoms with Crippen LogP contribution in [0.15, 0.2) is 28.3 Å². The fraction of sp³-hybridized carbons (Fsp3) is 0.519. The van der Waals surface area contributed by atoms with Crippen LogP contribution >= 0.6 is 0 Å². The predicted molar refractivity (Wildman–Crippen MR) is 148 cm³/mol. The summed E-state index contributed by atoms with van der Waals surface area (Å²) in [7, 11) is 1.60. The minimum Gasteiger partial charge on any atom is -0.491 e. The Labute approximate surface area is 232 Å². The Morgan fingerprint density at radius 2 is 1.82 bits per heavy atom. The Morgan fingerprint density at radius 1 is 1.05 bits per heavy atom. The van der Waals surface area contributed by atoms with Gasteiger partial charge in [-0.3, -0.25) is 14.7 Å². The maximum absolute atomic E-state index is 12.5. The van der Waals surface area contributed by atoms with Crippen LogP contribution in [0, 0.1) is 0 Å². The number of amides is 1. The first-order valence-corrected chi connectivity index (χ1v) is 13.7. The quantitative estimate of drug-likeness (QED) is 0.443. The van der Waals surface area contributed by atoms with Gasteiger partial charge in [-0.1, -0.05) is 0 Å². The number of hydrogen-bond acceptors (Lipinski definition) is 12. The number of ether oxygens (including phenoxy) is 4. The van der Waals surface area contributed by atoms with Crippen LogP contribution in [0.4, 0.5) is 11.6 Å². The molecule has 2 fully saturated rings. The van der Waals surface area contributed by atoms with Crippen LogP contribution in [0.5, 0.6) is 11.5 Å². The van der Waals surface area contributed by atoms with Crippen molar-refractivity contribution in [2.24, 2.45) is 15.7 Å². The summed E-state index contributed by atoms with van der Waals surface area (Å²) in [6, 6.07) is 3.86. The molecule has 1 amide bonds. The Kier molecular flexibility index (Phi) is 7.75. The normalized spacial score (nSPS) is 19.0. The number of nitrogens with two attached hydrogens (primary N) is 1. The van der Waals surface area contributed by atoms with E-state index in [2.05, 4.69) is 9.88 Å². The van der Waals surface area contributed by atoms with Gasteiger partial charge in [-0.25, -0.2) is 15.0 Å². The SMILES string of the molecule is COc1c(OCCCN2CCOCC2)ccc2c1N=C(c1nc(N3CCOCC3)ncc1C(N)=O)N1CCN=C21. The predicted octanol–water partition coefficient (Wildman–Crippen LogP) is 0.676. The molecule has 2 N–H and O–H groups in total. The molecule has 40 heavy (non-hydrogen) atoms. The van der Waals surface area contributed by atoms with E-state index >= 15 is 0 Å². The van der Waals surface area contributed by atoms with E-state index in [1.165, 1.54) is 6.20 Å². The van der Waals surface area contributed by atoms with Crippen molar-refractivity contribution in [1.82, 2.24) is 19.8 Å². The summed E-state index contributed by atoms with van der Waals surface area (Å²) in [6.45, 7) is 8.59. The van der Waals surface area contributed by atoms with Crippen molar-refractivity contribution >= 4 is 29.2 Å². The van der Waals surface area contributed by atoms with E-state index in [1.807, 2.05) is 21.9 Å². The van der Waals surface area contributed by atoms with Crippen molar-refractivity contribution in [3.63, 3.8) is 0 Å². The van der Waals surface area contributed by atoms with E-state index < -0.39 is 5.91 Å². The lowest BCUT2D eigenvalue weighted by atomic mass is 10.1. The number of nitrogens with zero attached hydrogens (tertiary/aromatic N) is 7. The maximum atomic E-state index is 12.5. The molecule has 0 bridgehead atoms. The van der Waals surface area contributed by atoms with Crippen LogP contribution in [0.2, 0.25) is 0 Å². The number of aliphatic imine (C=N–C) groups is 2. The fourth-order valence-electron chi connectivity index (χ4n) is 5.32. The summed E-state index contributed by atoms with van der Waals surface area (Å²) < 4.78 is 22.9. The molecule has 1 aromatic heterocycles. The first-order valence-electron chi connectivity index (χ1n) is 13.7. The van der Waals surface area contributed by atoms with Gasteiger partial charge in [-0.15, -0.1) is 0 Å². The summed E-state index contributed by atoms with van der Waals surface area (Å²) in [6.07, 6.45) is 2.36. The molecule has 4 aliphatic heterocycles. The average molecular weight is 551 g/mol. The van der Waals surface area contributed by atoms with Gasteiger partial charge in [0.1, 0.15) is 17.2 Å². The molecule has 2 saturated heterocycles. The standard InChI is InChI=1S/C27H34N8O5/c1-37-23-20(40-12-2-6-33-8-13-38-14-9-33)4-3-18-21(23)31-26(35-7-5-29-25(18)35)22-19(24(28)36)17-30-27(32-22)34-10-15-39-16-11-34/h3-4,17H,2,5-16H2,1H3,(H2,28,36). The van der Waals surface area contributed by atoms with Gasteiger partial charge in [0, 0.05) is 51.0 Å². The topological polar surface area (TPSA) is 140 Å². The summed E-state index contributed by atoms with van der Waals surface area (Å²) in [5.41, 5.74) is 7.75. The van der Waals surface area contributed by atoms with E-state index in [9.17, 15) is 4.79 Å². The second-order valence-corrected chi connectivity index (χ2v) is 9.84. The number of morpholine rings is 2. The molecule has 6 rings (SSSR count). The third-order valence-corrected chi connectivity index (χ3v) is 7.38. The Hall–Kier alpha value is -3.81. The third kappa shape index (κ3) is 5.19. The van der Waals surface area contributed by atoms with Gasteiger partial charge in [0.25, 0.3) is 5.91 Å². The average Bonchev–Trinajstić information content (AvgIpc) is 3.49. The van der Waals surface area contributed by atoms with E-state index in [1.54, 1.807) is 7.11 Å². The van der Waals surface area contributed by atoms with Crippen LogP contribution in [0.3, 0.4) is 0 Å². The number of anilines is 1. The molecule has 0 saturated carbocycles. The molecule has 0 spiro atoms. The molecule has 0 aliphatic carbocycles. The maximum Gasteiger partial charge on any atom is 0.252 e. The summed E-state index contributed by atoms with van der Waals surface area (Å²) in [4.78, 5) is 37.9. The second kappa shape index (κ2) is 11.7. The lowest BCUT2D eigenvalue weighted by molar-refractivity contribution is 0.0357. The number of fused-ring (bicyclic) bond motifs is 3. The number of benzene rings is 1. The van der Waals surface area contributed by atoms with Crippen LogP contribution in [0.1, 0.15) is 28.0 Å². The summed E-state index contributed by atoms with van der Waals surface area (Å²) in [5.74, 6) is 2.22. The second-order valence-electron chi connectivity index (χ2n) is 9.84. The highest BCUT2D eigenvalue weighted by atomic mass is 16.5.